The Balaban J connectivity index is 1.49. The zero-order chi connectivity index (χ0) is 24.4. The first-order valence-corrected chi connectivity index (χ1v) is 13.1. The van der Waals surface area contributed by atoms with Gasteiger partial charge in [-0.25, -0.2) is 4.98 Å². The number of benzene rings is 2. The summed E-state index contributed by atoms with van der Waals surface area (Å²) in [5.41, 5.74) is 3.77. The second kappa shape index (κ2) is 9.89. The van der Waals surface area contributed by atoms with Gasteiger partial charge in [0.05, 0.1) is 11.7 Å². The molecule has 0 saturated carbocycles. The molecule has 0 radical (unpaired) electrons. The highest BCUT2D eigenvalue weighted by molar-refractivity contribution is 7.17. The number of fused-ring (bicyclic) bond motifs is 1. The summed E-state index contributed by atoms with van der Waals surface area (Å²) in [5, 5.41) is 14.6. The van der Waals surface area contributed by atoms with Crippen molar-refractivity contribution in [2.24, 2.45) is 0 Å². The number of hydrogen-bond donors (Lipinski definition) is 1. The highest BCUT2D eigenvalue weighted by Gasteiger charge is 2.23. The molecule has 1 unspecified atom stereocenters. The number of rotatable bonds is 7. The predicted octanol–water partition coefficient (Wildman–Crippen LogP) is 5.80. The summed E-state index contributed by atoms with van der Waals surface area (Å²) in [6.45, 7) is 3.85. The lowest BCUT2D eigenvalue weighted by molar-refractivity contribution is -0.119. The molecular weight excluding hydrogens is 478 g/mol. The molecule has 3 aromatic heterocycles. The summed E-state index contributed by atoms with van der Waals surface area (Å²) >= 11 is 2.76. The van der Waals surface area contributed by atoms with E-state index in [4.69, 9.17) is 0 Å². The molecule has 7 nitrogen and oxygen atoms in total. The average molecular weight is 502 g/mol. The number of nitrogens with zero attached hydrogens (tertiary/aromatic N) is 4. The Bertz CT molecular complexity index is 1540. The van der Waals surface area contributed by atoms with Crippen LogP contribution in [0, 0.1) is 0 Å². The zero-order valence-corrected chi connectivity index (χ0v) is 20.9. The number of hydrogen-bond acceptors (Lipinski definition) is 7. The van der Waals surface area contributed by atoms with Crippen molar-refractivity contribution in [3.8, 4) is 22.3 Å². The van der Waals surface area contributed by atoms with Gasteiger partial charge in [-0.3, -0.25) is 19.5 Å². The summed E-state index contributed by atoms with van der Waals surface area (Å²) < 4.78 is 1.42. The van der Waals surface area contributed by atoms with E-state index < -0.39 is 6.04 Å². The van der Waals surface area contributed by atoms with Crippen LogP contribution in [-0.4, -0.2) is 25.7 Å². The Kier molecular flexibility index (Phi) is 6.52. The summed E-state index contributed by atoms with van der Waals surface area (Å²) in [4.78, 5) is 31.8. The minimum atomic E-state index is -0.707. The van der Waals surface area contributed by atoms with Crippen LogP contribution >= 0.6 is 22.7 Å². The highest BCUT2D eigenvalue weighted by Crippen LogP contribution is 2.32. The molecule has 176 valence electrons. The fraction of sp³-hybridized carbons (Fsp3) is 0.192. The fourth-order valence-corrected chi connectivity index (χ4v) is 5.59. The fourth-order valence-electron chi connectivity index (χ4n) is 4.00. The second-order valence-electron chi connectivity index (χ2n) is 8.00. The van der Waals surface area contributed by atoms with Crippen molar-refractivity contribution >= 4 is 43.9 Å². The van der Waals surface area contributed by atoms with Crippen LogP contribution in [0.1, 0.15) is 31.3 Å². The quantitative estimate of drug-likeness (QED) is 0.305. The molecule has 0 bridgehead atoms. The van der Waals surface area contributed by atoms with Gasteiger partial charge in [-0.05, 0) is 29.5 Å². The van der Waals surface area contributed by atoms with Gasteiger partial charge in [0.2, 0.25) is 11.0 Å². The number of thiophene rings is 1. The summed E-state index contributed by atoms with van der Waals surface area (Å²) in [6.07, 6.45) is 2.65. The standard InChI is InChI=1S/C26H23N5O2S2/c1-3-20(23(32)28-26-30-29-21(4-2)35-26)31-15-27-24-22(25(31)33)19(14-34-24)18-12-10-17(11-13-18)16-8-6-5-7-9-16/h5-15,20H,3-4H2,1-2H3,(H,28,30,32). The molecule has 3 heterocycles. The Hall–Kier alpha value is -3.69. The molecule has 9 heteroatoms. The van der Waals surface area contributed by atoms with Gasteiger partial charge in [-0.1, -0.05) is 79.8 Å². The van der Waals surface area contributed by atoms with Crippen molar-refractivity contribution in [2.75, 3.05) is 5.32 Å². The molecular formula is C26H23N5O2S2. The van der Waals surface area contributed by atoms with Crippen molar-refractivity contribution in [1.29, 1.82) is 0 Å². The number of aryl methyl sites for hydroxylation is 1. The molecule has 35 heavy (non-hydrogen) atoms. The average Bonchev–Trinajstić information content (AvgIpc) is 3.54. The van der Waals surface area contributed by atoms with Gasteiger partial charge in [0.15, 0.2) is 0 Å². The van der Waals surface area contributed by atoms with E-state index in [1.165, 1.54) is 33.6 Å². The maximum absolute atomic E-state index is 13.6. The van der Waals surface area contributed by atoms with E-state index in [1.807, 2.05) is 49.6 Å². The van der Waals surface area contributed by atoms with Crippen molar-refractivity contribution < 1.29 is 4.79 Å². The number of anilines is 1. The van der Waals surface area contributed by atoms with Gasteiger partial charge in [0.1, 0.15) is 15.9 Å². The first-order chi connectivity index (χ1) is 17.1. The smallest absolute Gasteiger partial charge is 0.263 e. The van der Waals surface area contributed by atoms with E-state index in [0.29, 0.717) is 21.8 Å². The van der Waals surface area contributed by atoms with E-state index in [1.54, 1.807) is 0 Å². The predicted molar refractivity (Wildman–Crippen MR) is 142 cm³/mol. The number of carbonyl (C=O) groups is 1. The van der Waals surface area contributed by atoms with Gasteiger partial charge < -0.3 is 0 Å². The first kappa shape index (κ1) is 23.1. The Labute approximate surface area is 210 Å². The van der Waals surface area contributed by atoms with Crippen molar-refractivity contribution in [2.45, 2.75) is 32.7 Å². The molecule has 1 atom stereocenters. The molecule has 5 aromatic rings. The Morgan fingerprint density at radius 2 is 1.71 bits per heavy atom. The third-order valence-electron chi connectivity index (χ3n) is 5.85. The third-order valence-corrected chi connectivity index (χ3v) is 7.72. The van der Waals surface area contributed by atoms with Gasteiger partial charge in [0, 0.05) is 10.9 Å². The van der Waals surface area contributed by atoms with Crippen molar-refractivity contribution in [1.82, 2.24) is 19.7 Å². The monoisotopic (exact) mass is 501 g/mol. The lowest BCUT2D eigenvalue weighted by Crippen LogP contribution is -2.33. The molecule has 1 amide bonds. The van der Waals surface area contributed by atoms with Crippen LogP contribution in [0.15, 0.2) is 71.1 Å². The molecule has 0 spiro atoms. The van der Waals surface area contributed by atoms with E-state index in [9.17, 15) is 9.59 Å². The van der Waals surface area contributed by atoms with Crippen LogP contribution in [0.3, 0.4) is 0 Å². The largest absolute Gasteiger partial charge is 0.299 e. The maximum Gasteiger partial charge on any atom is 0.263 e. The van der Waals surface area contributed by atoms with Gasteiger partial charge in [0.25, 0.3) is 5.56 Å². The minimum Gasteiger partial charge on any atom is -0.299 e. The van der Waals surface area contributed by atoms with Crippen LogP contribution in [-0.2, 0) is 11.2 Å². The lowest BCUT2D eigenvalue weighted by atomic mass is 10.0. The minimum absolute atomic E-state index is 0.230. The van der Waals surface area contributed by atoms with E-state index in [2.05, 4.69) is 44.8 Å². The molecule has 0 aliphatic heterocycles. The molecule has 0 aliphatic carbocycles. The zero-order valence-electron chi connectivity index (χ0n) is 19.3. The number of amides is 1. The molecule has 0 fully saturated rings. The van der Waals surface area contributed by atoms with Crippen molar-refractivity contribution in [3.05, 3.63) is 81.7 Å². The lowest BCUT2D eigenvalue weighted by Gasteiger charge is -2.16. The van der Waals surface area contributed by atoms with Crippen LogP contribution in [0.25, 0.3) is 32.5 Å². The molecule has 2 aromatic carbocycles. The van der Waals surface area contributed by atoms with Crippen LogP contribution in [0.4, 0.5) is 5.13 Å². The molecule has 1 N–H and O–H groups in total. The number of aromatic nitrogens is 4. The van der Waals surface area contributed by atoms with Crippen molar-refractivity contribution in [3.63, 3.8) is 0 Å². The summed E-state index contributed by atoms with van der Waals surface area (Å²) in [7, 11) is 0. The number of carbonyl (C=O) groups excluding carboxylic acids is 1. The number of nitrogens with one attached hydrogen (secondary N) is 1. The summed E-state index contributed by atoms with van der Waals surface area (Å²) in [6, 6.07) is 17.6. The van der Waals surface area contributed by atoms with Gasteiger partial charge >= 0.3 is 0 Å². The van der Waals surface area contributed by atoms with E-state index in [0.717, 1.165) is 33.7 Å². The van der Waals surface area contributed by atoms with Crippen LogP contribution < -0.4 is 10.9 Å². The molecule has 0 saturated heterocycles. The van der Waals surface area contributed by atoms with Crippen LogP contribution in [0.2, 0.25) is 0 Å². The maximum atomic E-state index is 13.6. The molecule has 0 aliphatic rings. The normalized spacial score (nSPS) is 12.1. The van der Waals surface area contributed by atoms with Crippen LogP contribution in [0.5, 0.6) is 0 Å². The van der Waals surface area contributed by atoms with E-state index >= 15 is 0 Å². The molecule has 5 rings (SSSR count). The highest BCUT2D eigenvalue weighted by atomic mass is 32.1. The first-order valence-electron chi connectivity index (χ1n) is 11.4. The SMILES string of the molecule is CCc1nnc(NC(=O)C(CC)n2cnc3scc(-c4ccc(-c5ccccc5)cc4)c3c2=O)s1. The second-order valence-corrected chi connectivity index (χ2v) is 9.92. The van der Waals surface area contributed by atoms with Gasteiger partial charge in [-0.2, -0.15) is 0 Å². The van der Waals surface area contributed by atoms with Gasteiger partial charge in [-0.15, -0.1) is 21.5 Å². The topological polar surface area (TPSA) is 89.8 Å². The third kappa shape index (κ3) is 4.52. The van der Waals surface area contributed by atoms with E-state index in [-0.39, 0.29) is 11.5 Å². The Morgan fingerprint density at radius 1 is 1.00 bits per heavy atom. The summed E-state index contributed by atoms with van der Waals surface area (Å²) in [5.74, 6) is -0.307. The Morgan fingerprint density at radius 3 is 2.40 bits per heavy atom.